The number of hydrogen-bond acceptors (Lipinski definition) is 4. The number of aliphatic carboxylic acids is 1. The summed E-state index contributed by atoms with van der Waals surface area (Å²) in [5.74, 6) is -1.34. The Hall–Kier alpha value is -0.610. The van der Waals surface area contributed by atoms with Crippen molar-refractivity contribution in [1.82, 2.24) is 0 Å². The lowest BCUT2D eigenvalue weighted by atomic mass is 10.0. The third kappa shape index (κ3) is 14.3. The third-order valence-electron chi connectivity index (χ3n) is 4.21. The van der Waals surface area contributed by atoms with E-state index in [1.165, 1.54) is 70.6 Å². The molecule has 1 atom stereocenters. The van der Waals surface area contributed by atoms with Crippen LogP contribution in [0, 0.1) is 0 Å². The lowest BCUT2D eigenvalue weighted by Crippen LogP contribution is -2.36. The van der Waals surface area contributed by atoms with Crippen molar-refractivity contribution in [3.63, 3.8) is 0 Å². The summed E-state index contributed by atoms with van der Waals surface area (Å²) in [6.45, 7) is 2.25. The molecule has 132 valence electrons. The largest absolute Gasteiger partial charge is 0.547 e. The number of carbonyl (C=O) groups is 1. The SMILES string of the molecule is CCCCCCCCCCCCCCCC[C@@H](OO)C(=O)[O-]. The molecule has 0 unspecified atom stereocenters. The molecule has 0 fully saturated rings. The number of unbranched alkanes of at least 4 members (excludes halogenated alkanes) is 13. The molecule has 22 heavy (non-hydrogen) atoms. The van der Waals surface area contributed by atoms with E-state index in [-0.39, 0.29) is 0 Å². The van der Waals surface area contributed by atoms with Crippen molar-refractivity contribution < 1.29 is 20.0 Å². The molecular formula is C18H35O4-. The minimum Gasteiger partial charge on any atom is -0.547 e. The van der Waals surface area contributed by atoms with Crippen LogP contribution < -0.4 is 5.11 Å². The average Bonchev–Trinajstić information content (AvgIpc) is 2.51. The molecule has 1 N–H and O–H groups in total. The van der Waals surface area contributed by atoms with Crippen LogP contribution in [-0.2, 0) is 9.68 Å². The molecule has 0 radical (unpaired) electrons. The molecule has 4 nitrogen and oxygen atoms in total. The van der Waals surface area contributed by atoms with Crippen molar-refractivity contribution in [3.05, 3.63) is 0 Å². The summed E-state index contributed by atoms with van der Waals surface area (Å²) in [4.78, 5) is 14.4. The molecule has 0 aromatic carbocycles. The van der Waals surface area contributed by atoms with Gasteiger partial charge in [0.1, 0.15) is 6.10 Å². The van der Waals surface area contributed by atoms with E-state index in [2.05, 4.69) is 11.8 Å². The predicted molar refractivity (Wildman–Crippen MR) is 87.4 cm³/mol. The lowest BCUT2D eigenvalue weighted by Gasteiger charge is -2.13. The Kier molecular flexibility index (Phi) is 16.3. The molecule has 4 heteroatoms. The minimum absolute atomic E-state index is 0.330. The van der Waals surface area contributed by atoms with Crippen molar-refractivity contribution in [2.24, 2.45) is 0 Å². The molecule has 0 rings (SSSR count). The summed E-state index contributed by atoms with van der Waals surface area (Å²) in [5, 5.41) is 18.9. The zero-order valence-corrected chi connectivity index (χ0v) is 14.4. The average molecular weight is 315 g/mol. The van der Waals surface area contributed by atoms with Crippen molar-refractivity contribution in [2.75, 3.05) is 0 Å². The number of carbonyl (C=O) groups excluding carboxylic acids is 1. The van der Waals surface area contributed by atoms with Gasteiger partial charge in [0.15, 0.2) is 0 Å². The van der Waals surface area contributed by atoms with Gasteiger partial charge in [0.25, 0.3) is 0 Å². The first-order chi connectivity index (χ1) is 10.7. The minimum atomic E-state index is -1.34. The van der Waals surface area contributed by atoms with Crippen LogP contribution in [0.25, 0.3) is 0 Å². The third-order valence-corrected chi connectivity index (χ3v) is 4.21. The first-order valence-electron chi connectivity index (χ1n) is 9.23. The zero-order valence-electron chi connectivity index (χ0n) is 14.4. The van der Waals surface area contributed by atoms with Crippen LogP contribution in [0.4, 0.5) is 0 Å². The smallest absolute Gasteiger partial charge is 0.132 e. The van der Waals surface area contributed by atoms with Gasteiger partial charge in [-0.3, -0.25) is 5.26 Å². The van der Waals surface area contributed by atoms with E-state index in [4.69, 9.17) is 5.26 Å². The molecule has 0 amide bonds. The molecule has 0 aromatic heterocycles. The fourth-order valence-corrected chi connectivity index (χ4v) is 2.74. The highest BCUT2D eigenvalue weighted by atomic mass is 17.1. The molecule has 0 heterocycles. The maximum atomic E-state index is 10.5. The lowest BCUT2D eigenvalue weighted by molar-refractivity contribution is -0.348. The molecule has 0 aromatic rings. The second-order valence-corrected chi connectivity index (χ2v) is 6.30. The van der Waals surface area contributed by atoms with E-state index in [0.717, 1.165) is 19.3 Å². The Balaban J connectivity index is 3.13. The van der Waals surface area contributed by atoms with Gasteiger partial charge in [-0.05, 0) is 6.42 Å². The topological polar surface area (TPSA) is 69.6 Å². The maximum Gasteiger partial charge on any atom is 0.132 e. The monoisotopic (exact) mass is 315 g/mol. The highest BCUT2D eigenvalue weighted by molar-refractivity contribution is 5.69. The molecular weight excluding hydrogens is 280 g/mol. The van der Waals surface area contributed by atoms with E-state index in [9.17, 15) is 9.90 Å². The molecule has 0 spiro atoms. The Morgan fingerprint density at radius 3 is 1.50 bits per heavy atom. The first kappa shape index (κ1) is 21.4. The quantitative estimate of drug-likeness (QED) is 0.244. The Labute approximate surface area is 136 Å². The highest BCUT2D eigenvalue weighted by Gasteiger charge is 2.08. The fraction of sp³-hybridized carbons (Fsp3) is 0.944. The second-order valence-electron chi connectivity index (χ2n) is 6.30. The van der Waals surface area contributed by atoms with Gasteiger partial charge in [-0.1, -0.05) is 96.8 Å². The van der Waals surface area contributed by atoms with E-state index >= 15 is 0 Å². The molecule has 0 aliphatic carbocycles. The van der Waals surface area contributed by atoms with Crippen molar-refractivity contribution in [3.8, 4) is 0 Å². The molecule has 0 bridgehead atoms. The van der Waals surface area contributed by atoms with E-state index in [1.54, 1.807) is 0 Å². The summed E-state index contributed by atoms with van der Waals surface area (Å²) in [7, 11) is 0. The summed E-state index contributed by atoms with van der Waals surface area (Å²) in [6.07, 6.45) is 16.8. The zero-order chi connectivity index (χ0) is 16.5. The summed E-state index contributed by atoms with van der Waals surface area (Å²) in [6, 6.07) is 0. The van der Waals surface area contributed by atoms with Crippen molar-refractivity contribution in [2.45, 2.75) is 109 Å². The van der Waals surface area contributed by atoms with E-state index in [0.29, 0.717) is 6.42 Å². The summed E-state index contributed by atoms with van der Waals surface area (Å²) < 4.78 is 0. The van der Waals surface area contributed by atoms with Gasteiger partial charge in [-0.25, -0.2) is 4.89 Å². The summed E-state index contributed by atoms with van der Waals surface area (Å²) in [5.41, 5.74) is 0. The van der Waals surface area contributed by atoms with Gasteiger partial charge >= 0.3 is 0 Å². The van der Waals surface area contributed by atoms with E-state index < -0.39 is 12.1 Å². The first-order valence-corrected chi connectivity index (χ1v) is 9.23. The van der Waals surface area contributed by atoms with Gasteiger partial charge in [0, 0.05) is 0 Å². The van der Waals surface area contributed by atoms with Crippen molar-refractivity contribution in [1.29, 1.82) is 0 Å². The predicted octanol–water partition coefficient (Wildman–Crippen LogP) is 4.47. The number of hydrogen-bond donors (Lipinski definition) is 1. The van der Waals surface area contributed by atoms with Crippen LogP contribution in [0.2, 0.25) is 0 Å². The number of carboxylic acids is 1. The second kappa shape index (κ2) is 16.8. The Bertz CT molecular complexity index is 243. The Morgan fingerprint density at radius 2 is 1.18 bits per heavy atom. The normalized spacial score (nSPS) is 12.5. The molecule has 0 saturated heterocycles. The van der Waals surface area contributed by atoms with Gasteiger partial charge in [0.05, 0.1) is 5.97 Å². The molecule has 0 aliphatic heterocycles. The van der Waals surface area contributed by atoms with Crippen LogP contribution in [0.15, 0.2) is 0 Å². The van der Waals surface area contributed by atoms with Crippen LogP contribution in [0.1, 0.15) is 103 Å². The fourth-order valence-electron chi connectivity index (χ4n) is 2.74. The van der Waals surface area contributed by atoms with Gasteiger partial charge < -0.3 is 9.90 Å². The van der Waals surface area contributed by atoms with E-state index in [1.807, 2.05) is 0 Å². The number of rotatable bonds is 17. The van der Waals surface area contributed by atoms with Crippen LogP contribution in [0.5, 0.6) is 0 Å². The number of carboxylic acid groups (broad SMARTS) is 1. The Morgan fingerprint density at radius 1 is 0.818 bits per heavy atom. The van der Waals surface area contributed by atoms with Crippen LogP contribution in [-0.4, -0.2) is 17.3 Å². The standard InChI is InChI=1S/C18H36O4/c1-2-3-4-5-6-7-8-9-10-11-12-13-14-15-16-17(22-21)18(19)20/h17,21H,2-16H2,1H3,(H,19,20)/p-1/t17-/m1/s1. The van der Waals surface area contributed by atoms with Gasteiger partial charge in [0.2, 0.25) is 0 Å². The highest BCUT2D eigenvalue weighted by Crippen LogP contribution is 2.14. The van der Waals surface area contributed by atoms with Gasteiger partial charge in [-0.2, -0.15) is 0 Å². The van der Waals surface area contributed by atoms with Crippen LogP contribution >= 0.6 is 0 Å². The van der Waals surface area contributed by atoms with Crippen molar-refractivity contribution >= 4 is 5.97 Å². The van der Waals surface area contributed by atoms with Gasteiger partial charge in [-0.15, -0.1) is 0 Å². The molecule has 0 saturated carbocycles. The van der Waals surface area contributed by atoms with Crippen LogP contribution in [0.3, 0.4) is 0 Å². The summed E-state index contributed by atoms with van der Waals surface area (Å²) >= 11 is 0. The molecule has 0 aliphatic rings. The maximum absolute atomic E-state index is 10.5.